The summed E-state index contributed by atoms with van der Waals surface area (Å²) in [5.74, 6) is 1.11. The molecule has 0 aliphatic heterocycles. The number of hydrogen-bond acceptors (Lipinski definition) is 4. The molecule has 0 radical (unpaired) electrons. The van der Waals surface area contributed by atoms with Crippen LogP contribution in [0.15, 0.2) is 36.3 Å². The third-order valence-corrected chi connectivity index (χ3v) is 6.21. The zero-order chi connectivity index (χ0) is 21.9. The van der Waals surface area contributed by atoms with Gasteiger partial charge in [0.2, 0.25) is 0 Å². The number of rotatable bonds is 14. The van der Waals surface area contributed by atoms with Gasteiger partial charge in [-0.15, -0.1) is 0 Å². The molecule has 29 heavy (non-hydrogen) atoms. The molecule has 4 nitrogen and oxygen atoms in total. The van der Waals surface area contributed by atoms with Gasteiger partial charge in [-0.2, -0.15) is 0 Å². The molecule has 0 saturated heterocycles. The first-order chi connectivity index (χ1) is 13.6. The van der Waals surface area contributed by atoms with Gasteiger partial charge in [-0.3, -0.25) is 0 Å². The quantitative estimate of drug-likeness (QED) is 0.406. The van der Waals surface area contributed by atoms with Gasteiger partial charge in [0, 0.05) is 11.9 Å². The van der Waals surface area contributed by atoms with E-state index in [1.807, 2.05) is 19.3 Å². The van der Waals surface area contributed by atoms with Crippen LogP contribution >= 0.6 is 0 Å². The molecule has 1 aliphatic rings. The molecule has 0 fully saturated rings. The first-order valence-electron chi connectivity index (χ1n) is 11.3. The van der Waals surface area contributed by atoms with E-state index in [1.54, 1.807) is 6.92 Å². The highest BCUT2D eigenvalue weighted by Crippen LogP contribution is 2.27. The Morgan fingerprint density at radius 3 is 2.55 bits per heavy atom. The number of carbonyl (C=O) groups is 1. The Kier molecular flexibility index (Phi) is 11.3. The standard InChI is InChI=1S/C25H42O4/c1-19(11-6-7-18-29-23-15-8-13-20(2)22(23)4)12-9-16-25(5,28)17-10-14-21(3)24(26)27/h7-8,13,15,18-22,28H,6,9-12,14,16-17H2,1-5H3,(H,26,27)/p-1/b18-7+. The molecule has 0 aromatic heterocycles. The van der Waals surface area contributed by atoms with Crippen molar-refractivity contribution in [3.05, 3.63) is 36.3 Å². The van der Waals surface area contributed by atoms with Crippen LogP contribution < -0.4 is 5.11 Å². The Morgan fingerprint density at radius 2 is 1.90 bits per heavy atom. The van der Waals surface area contributed by atoms with E-state index in [0.29, 0.717) is 37.0 Å². The smallest absolute Gasteiger partial charge is 0.106 e. The van der Waals surface area contributed by atoms with Crippen LogP contribution in [0.4, 0.5) is 0 Å². The predicted molar refractivity (Wildman–Crippen MR) is 117 cm³/mol. The van der Waals surface area contributed by atoms with Crippen molar-refractivity contribution >= 4 is 5.97 Å². The van der Waals surface area contributed by atoms with Crippen molar-refractivity contribution < 1.29 is 19.7 Å². The third kappa shape index (κ3) is 10.7. The number of carboxylic acid groups (broad SMARTS) is 1. The number of carboxylic acids is 1. The van der Waals surface area contributed by atoms with Crippen LogP contribution in [-0.2, 0) is 9.53 Å². The molecule has 5 unspecified atom stereocenters. The van der Waals surface area contributed by atoms with Crippen molar-refractivity contribution in [3.63, 3.8) is 0 Å². The van der Waals surface area contributed by atoms with Crippen LogP contribution in [0.2, 0.25) is 0 Å². The van der Waals surface area contributed by atoms with Crippen molar-refractivity contribution in [2.75, 3.05) is 0 Å². The van der Waals surface area contributed by atoms with E-state index in [2.05, 4.69) is 39.0 Å². The van der Waals surface area contributed by atoms with Crippen molar-refractivity contribution in [2.45, 2.75) is 91.6 Å². The van der Waals surface area contributed by atoms with E-state index in [-0.39, 0.29) is 0 Å². The predicted octanol–water partition coefficient (Wildman–Crippen LogP) is 5.14. The van der Waals surface area contributed by atoms with E-state index in [9.17, 15) is 15.0 Å². The molecule has 1 N–H and O–H groups in total. The summed E-state index contributed by atoms with van der Waals surface area (Å²) in [6, 6.07) is 0. The Labute approximate surface area is 177 Å². The van der Waals surface area contributed by atoms with Crippen molar-refractivity contribution in [1.82, 2.24) is 0 Å². The molecule has 0 aromatic carbocycles. The van der Waals surface area contributed by atoms with Crippen LogP contribution in [0.3, 0.4) is 0 Å². The Morgan fingerprint density at radius 1 is 1.24 bits per heavy atom. The topological polar surface area (TPSA) is 69.6 Å². The van der Waals surface area contributed by atoms with Crippen LogP contribution in [-0.4, -0.2) is 16.7 Å². The SMILES string of the molecule is CC(CC/C=C/OC1=CC=CC(C)C1C)CCCC(C)(O)CCCC(C)C(=O)[O-]. The van der Waals surface area contributed by atoms with Crippen molar-refractivity contribution in [1.29, 1.82) is 0 Å². The molecular weight excluding hydrogens is 364 g/mol. The third-order valence-electron chi connectivity index (χ3n) is 6.21. The second-order valence-electron chi connectivity index (χ2n) is 9.28. The van der Waals surface area contributed by atoms with E-state index in [0.717, 1.165) is 37.9 Å². The maximum Gasteiger partial charge on any atom is 0.106 e. The number of ether oxygens (including phenoxy) is 1. The van der Waals surface area contributed by atoms with Gasteiger partial charge in [0.05, 0.1) is 11.9 Å². The first-order valence-corrected chi connectivity index (χ1v) is 11.3. The van der Waals surface area contributed by atoms with Crippen LogP contribution in [0.1, 0.15) is 86.0 Å². The van der Waals surface area contributed by atoms with Crippen LogP contribution in [0, 0.1) is 23.7 Å². The van der Waals surface area contributed by atoms with E-state index in [4.69, 9.17) is 4.74 Å². The average Bonchev–Trinajstić information content (AvgIpc) is 2.64. The molecule has 1 aliphatic carbocycles. The molecule has 0 saturated carbocycles. The fourth-order valence-electron chi connectivity index (χ4n) is 3.63. The molecule has 1 rings (SSSR count). The van der Waals surface area contributed by atoms with Gasteiger partial charge in [0.1, 0.15) is 5.76 Å². The summed E-state index contributed by atoms with van der Waals surface area (Å²) in [7, 11) is 0. The summed E-state index contributed by atoms with van der Waals surface area (Å²) in [6.45, 7) is 10.2. The van der Waals surface area contributed by atoms with Gasteiger partial charge >= 0.3 is 0 Å². The monoisotopic (exact) mass is 405 g/mol. The summed E-state index contributed by atoms with van der Waals surface area (Å²) in [4.78, 5) is 10.7. The van der Waals surface area contributed by atoms with Crippen molar-refractivity contribution in [3.8, 4) is 0 Å². The lowest BCUT2D eigenvalue weighted by atomic mass is 9.89. The molecule has 0 bridgehead atoms. The van der Waals surface area contributed by atoms with Gasteiger partial charge < -0.3 is 19.7 Å². The van der Waals surface area contributed by atoms with Gasteiger partial charge in [0.15, 0.2) is 0 Å². The fraction of sp³-hybridized carbons (Fsp3) is 0.720. The van der Waals surface area contributed by atoms with Gasteiger partial charge in [-0.05, 0) is 75.4 Å². The summed E-state index contributed by atoms with van der Waals surface area (Å²) in [5.41, 5.74) is -0.713. The average molecular weight is 406 g/mol. The summed E-state index contributed by atoms with van der Waals surface area (Å²) < 4.78 is 5.80. The fourth-order valence-corrected chi connectivity index (χ4v) is 3.63. The molecule has 4 heteroatoms. The van der Waals surface area contributed by atoms with E-state index < -0.39 is 17.5 Å². The highest BCUT2D eigenvalue weighted by atomic mass is 16.5. The minimum absolute atomic E-state index is 0.417. The van der Waals surface area contributed by atoms with E-state index in [1.165, 1.54) is 0 Å². The number of aliphatic carboxylic acids is 1. The Hall–Kier alpha value is -1.55. The highest BCUT2D eigenvalue weighted by molar-refractivity contribution is 5.66. The summed E-state index contributed by atoms with van der Waals surface area (Å²) in [6.07, 6.45) is 17.1. The maximum absolute atomic E-state index is 10.7. The molecule has 0 amide bonds. The zero-order valence-electron chi connectivity index (χ0n) is 19.0. The number of aliphatic hydroxyl groups is 1. The van der Waals surface area contributed by atoms with E-state index >= 15 is 0 Å². The highest BCUT2D eigenvalue weighted by Gasteiger charge is 2.20. The number of allylic oxidation sites excluding steroid dienone is 5. The first kappa shape index (κ1) is 25.5. The maximum atomic E-state index is 10.7. The second kappa shape index (κ2) is 12.9. The Bertz CT molecular complexity index is 573. The van der Waals surface area contributed by atoms with Gasteiger partial charge in [-0.1, -0.05) is 52.7 Å². The lowest BCUT2D eigenvalue weighted by molar-refractivity contribution is -0.311. The van der Waals surface area contributed by atoms with Crippen molar-refractivity contribution in [2.24, 2.45) is 23.7 Å². The second-order valence-corrected chi connectivity index (χ2v) is 9.28. The lowest BCUT2D eigenvalue weighted by Crippen LogP contribution is -2.30. The molecule has 166 valence electrons. The lowest BCUT2D eigenvalue weighted by Gasteiger charge is -2.25. The van der Waals surface area contributed by atoms with Gasteiger partial charge in [-0.25, -0.2) is 0 Å². The number of carbonyl (C=O) groups excluding carboxylic acids is 1. The minimum Gasteiger partial charge on any atom is -0.550 e. The largest absolute Gasteiger partial charge is 0.550 e. The summed E-state index contributed by atoms with van der Waals surface area (Å²) >= 11 is 0. The van der Waals surface area contributed by atoms with Gasteiger partial charge in [0.25, 0.3) is 0 Å². The molecule has 5 atom stereocenters. The minimum atomic E-state index is -1.01. The molecule has 0 aromatic rings. The normalized spacial score (nSPS) is 23.4. The van der Waals surface area contributed by atoms with Crippen LogP contribution in [0.25, 0.3) is 0 Å². The number of hydrogen-bond donors (Lipinski definition) is 1. The molecule has 0 heterocycles. The molecule has 0 spiro atoms. The Balaban J connectivity index is 2.15. The summed E-state index contributed by atoms with van der Waals surface area (Å²) in [5, 5.41) is 21.2. The molecular formula is C25H41O4-. The zero-order valence-corrected chi connectivity index (χ0v) is 19.0. The van der Waals surface area contributed by atoms with Crippen LogP contribution in [0.5, 0.6) is 0 Å².